The lowest BCUT2D eigenvalue weighted by Crippen LogP contribution is -2.42. The fraction of sp³-hybridized carbons (Fsp3) is 0.417. The van der Waals surface area contributed by atoms with E-state index >= 15 is 0 Å². The monoisotopic (exact) mass is 468 g/mol. The standard InChI is InChI=1S/C24H26F2N6O2/c1-24(2,3)34-23(33)31-7-5-17(6-8-31)32-27-20-12-15(11-19(26)22(20)29-32)14-9-16-13-30(4)28-21(16)18(25)10-14/h9-13,17H,5-8H2,1-4H3. The van der Waals surface area contributed by atoms with Crippen LogP contribution in [0.3, 0.4) is 0 Å². The number of hydrogen-bond acceptors (Lipinski definition) is 5. The summed E-state index contributed by atoms with van der Waals surface area (Å²) in [5.74, 6) is -0.981. The molecule has 1 aliphatic rings. The van der Waals surface area contributed by atoms with Gasteiger partial charge in [0, 0.05) is 31.7 Å². The van der Waals surface area contributed by atoms with E-state index < -0.39 is 17.2 Å². The van der Waals surface area contributed by atoms with Gasteiger partial charge in [0.05, 0.1) is 6.04 Å². The number of aromatic nitrogens is 5. The lowest BCUT2D eigenvalue weighted by Gasteiger charge is -2.32. The van der Waals surface area contributed by atoms with Crippen LogP contribution in [0.4, 0.5) is 13.6 Å². The molecule has 4 aromatic rings. The zero-order valence-corrected chi connectivity index (χ0v) is 19.5. The molecule has 2 aromatic heterocycles. The van der Waals surface area contributed by atoms with Crippen LogP contribution >= 0.6 is 0 Å². The van der Waals surface area contributed by atoms with Crippen molar-refractivity contribution in [3.63, 3.8) is 0 Å². The number of likely N-dealkylation sites (tertiary alicyclic amines) is 1. The zero-order chi connectivity index (χ0) is 24.2. The van der Waals surface area contributed by atoms with Crippen molar-refractivity contribution in [1.29, 1.82) is 0 Å². The molecular weight excluding hydrogens is 442 g/mol. The molecule has 1 amide bonds. The summed E-state index contributed by atoms with van der Waals surface area (Å²) in [7, 11) is 1.72. The van der Waals surface area contributed by atoms with Crippen LogP contribution in [0.2, 0.25) is 0 Å². The first-order chi connectivity index (χ1) is 16.1. The first-order valence-corrected chi connectivity index (χ1v) is 11.2. The Morgan fingerprint density at radius 1 is 0.971 bits per heavy atom. The Labute approximate surface area is 195 Å². The summed E-state index contributed by atoms with van der Waals surface area (Å²) in [5, 5.41) is 13.7. The van der Waals surface area contributed by atoms with E-state index in [1.807, 2.05) is 20.8 Å². The van der Waals surface area contributed by atoms with Gasteiger partial charge in [0.1, 0.15) is 22.2 Å². The molecule has 10 heteroatoms. The molecule has 5 rings (SSSR count). The normalized spacial score (nSPS) is 15.4. The lowest BCUT2D eigenvalue weighted by molar-refractivity contribution is 0.0180. The van der Waals surface area contributed by atoms with Gasteiger partial charge in [0.2, 0.25) is 0 Å². The summed E-state index contributed by atoms with van der Waals surface area (Å²) in [5.41, 5.74) is 1.35. The largest absolute Gasteiger partial charge is 0.444 e. The van der Waals surface area contributed by atoms with Gasteiger partial charge in [0.25, 0.3) is 0 Å². The van der Waals surface area contributed by atoms with Crippen LogP contribution in [-0.4, -0.2) is 54.5 Å². The summed E-state index contributed by atoms with van der Waals surface area (Å²) >= 11 is 0. The third kappa shape index (κ3) is 4.20. The van der Waals surface area contributed by atoms with Crippen LogP contribution in [0, 0.1) is 11.6 Å². The summed E-state index contributed by atoms with van der Waals surface area (Å²) in [4.78, 5) is 15.5. The minimum Gasteiger partial charge on any atom is -0.444 e. The summed E-state index contributed by atoms with van der Waals surface area (Å²) < 4.78 is 36.5. The van der Waals surface area contributed by atoms with Crippen molar-refractivity contribution in [2.75, 3.05) is 13.1 Å². The highest BCUT2D eigenvalue weighted by molar-refractivity contribution is 5.87. The van der Waals surface area contributed by atoms with Crippen LogP contribution in [0.15, 0.2) is 30.5 Å². The van der Waals surface area contributed by atoms with Gasteiger partial charge in [-0.2, -0.15) is 15.0 Å². The average molecular weight is 469 g/mol. The van der Waals surface area contributed by atoms with Gasteiger partial charge in [-0.3, -0.25) is 4.68 Å². The first kappa shape index (κ1) is 22.2. The number of carbonyl (C=O) groups is 1. The minimum atomic E-state index is -0.547. The summed E-state index contributed by atoms with van der Waals surface area (Å²) in [6.45, 7) is 6.53. The number of piperidine rings is 1. The number of aryl methyl sites for hydroxylation is 1. The van der Waals surface area contributed by atoms with E-state index in [0.29, 0.717) is 48.0 Å². The van der Waals surface area contributed by atoms with Crippen molar-refractivity contribution >= 4 is 28.0 Å². The van der Waals surface area contributed by atoms with Gasteiger partial charge in [-0.1, -0.05) is 0 Å². The average Bonchev–Trinajstić information content (AvgIpc) is 3.36. The second-order valence-electron chi connectivity index (χ2n) is 9.74. The highest BCUT2D eigenvalue weighted by Gasteiger charge is 2.29. The van der Waals surface area contributed by atoms with Crippen LogP contribution in [0.1, 0.15) is 39.7 Å². The Morgan fingerprint density at radius 2 is 1.62 bits per heavy atom. The number of fused-ring (bicyclic) bond motifs is 2. The molecule has 178 valence electrons. The molecule has 1 fully saturated rings. The molecular formula is C24H26F2N6O2. The topological polar surface area (TPSA) is 78.1 Å². The molecule has 1 saturated heterocycles. The SMILES string of the molecule is Cn1cc2cc(-c3cc(F)c4nn(C5CCN(C(=O)OC(C)(C)C)CC5)nc4c3)cc(F)c2n1. The molecule has 0 spiro atoms. The Hall–Kier alpha value is -3.56. The summed E-state index contributed by atoms with van der Waals surface area (Å²) in [6, 6.07) is 6.14. The van der Waals surface area contributed by atoms with E-state index in [1.165, 1.54) is 16.9 Å². The van der Waals surface area contributed by atoms with Crippen LogP contribution in [0.25, 0.3) is 33.1 Å². The van der Waals surface area contributed by atoms with Crippen LogP contribution in [-0.2, 0) is 11.8 Å². The molecule has 0 N–H and O–H groups in total. The second-order valence-corrected chi connectivity index (χ2v) is 9.74. The molecule has 0 atom stereocenters. The van der Waals surface area contributed by atoms with E-state index in [-0.39, 0.29) is 23.2 Å². The van der Waals surface area contributed by atoms with Crippen molar-refractivity contribution in [2.24, 2.45) is 7.05 Å². The molecule has 1 aliphatic heterocycles. The van der Waals surface area contributed by atoms with Gasteiger partial charge in [-0.25, -0.2) is 13.6 Å². The van der Waals surface area contributed by atoms with E-state index in [2.05, 4.69) is 15.3 Å². The highest BCUT2D eigenvalue weighted by atomic mass is 19.1. The lowest BCUT2D eigenvalue weighted by atomic mass is 10.0. The number of rotatable bonds is 2. The Morgan fingerprint density at radius 3 is 2.29 bits per heavy atom. The molecule has 2 aromatic carbocycles. The fourth-order valence-electron chi connectivity index (χ4n) is 4.31. The third-order valence-electron chi connectivity index (χ3n) is 5.91. The van der Waals surface area contributed by atoms with Gasteiger partial charge >= 0.3 is 6.09 Å². The molecule has 0 saturated carbocycles. The number of nitrogens with zero attached hydrogens (tertiary/aromatic N) is 6. The maximum Gasteiger partial charge on any atom is 0.410 e. The van der Waals surface area contributed by atoms with Crippen molar-refractivity contribution < 1.29 is 18.3 Å². The maximum atomic E-state index is 15.0. The molecule has 0 radical (unpaired) electrons. The quantitative estimate of drug-likeness (QED) is 0.421. The molecule has 0 unspecified atom stereocenters. The number of carbonyl (C=O) groups excluding carboxylic acids is 1. The molecule has 0 aliphatic carbocycles. The summed E-state index contributed by atoms with van der Waals surface area (Å²) in [6.07, 6.45) is 2.66. The van der Waals surface area contributed by atoms with E-state index in [1.54, 1.807) is 35.0 Å². The Bertz CT molecular complexity index is 1400. The number of halogens is 2. The first-order valence-electron chi connectivity index (χ1n) is 11.2. The Kier molecular flexibility index (Phi) is 5.26. The minimum absolute atomic E-state index is 0.0573. The van der Waals surface area contributed by atoms with Gasteiger partial charge < -0.3 is 9.64 Å². The van der Waals surface area contributed by atoms with E-state index in [4.69, 9.17) is 4.74 Å². The third-order valence-corrected chi connectivity index (χ3v) is 5.91. The molecule has 34 heavy (non-hydrogen) atoms. The maximum absolute atomic E-state index is 15.0. The van der Waals surface area contributed by atoms with Gasteiger partial charge in [0.15, 0.2) is 11.6 Å². The number of amides is 1. The fourth-order valence-corrected chi connectivity index (χ4v) is 4.31. The van der Waals surface area contributed by atoms with E-state index in [0.717, 1.165) is 0 Å². The Balaban J connectivity index is 1.39. The van der Waals surface area contributed by atoms with Crippen molar-refractivity contribution in [1.82, 2.24) is 29.7 Å². The van der Waals surface area contributed by atoms with Crippen LogP contribution in [0.5, 0.6) is 0 Å². The second kappa shape index (κ2) is 8.03. The van der Waals surface area contributed by atoms with Crippen LogP contribution < -0.4 is 0 Å². The predicted molar refractivity (Wildman–Crippen MR) is 123 cm³/mol. The molecule has 3 heterocycles. The molecule has 0 bridgehead atoms. The van der Waals surface area contributed by atoms with Crippen molar-refractivity contribution in [3.05, 3.63) is 42.1 Å². The predicted octanol–water partition coefficient (Wildman–Crippen LogP) is 4.84. The number of benzene rings is 2. The number of hydrogen-bond donors (Lipinski definition) is 0. The van der Waals surface area contributed by atoms with Crippen molar-refractivity contribution in [2.45, 2.75) is 45.3 Å². The highest BCUT2D eigenvalue weighted by Crippen LogP contribution is 2.31. The van der Waals surface area contributed by atoms with Gasteiger partial charge in [-0.05, 0) is 69.0 Å². The zero-order valence-electron chi connectivity index (χ0n) is 19.5. The molecule has 8 nitrogen and oxygen atoms in total. The van der Waals surface area contributed by atoms with Crippen molar-refractivity contribution in [3.8, 4) is 11.1 Å². The number of ether oxygens (including phenoxy) is 1. The van der Waals surface area contributed by atoms with Gasteiger partial charge in [-0.15, -0.1) is 5.10 Å². The smallest absolute Gasteiger partial charge is 0.410 e. The van der Waals surface area contributed by atoms with E-state index in [9.17, 15) is 13.6 Å².